The van der Waals surface area contributed by atoms with Crippen LogP contribution in [0.3, 0.4) is 0 Å². The summed E-state index contributed by atoms with van der Waals surface area (Å²) in [5, 5.41) is 3.05. The van der Waals surface area contributed by atoms with E-state index < -0.39 is 0 Å². The van der Waals surface area contributed by atoms with Gasteiger partial charge in [0.25, 0.3) is 5.91 Å². The van der Waals surface area contributed by atoms with Crippen molar-refractivity contribution in [3.8, 4) is 0 Å². The molecule has 1 saturated heterocycles. The average Bonchev–Trinajstić information content (AvgIpc) is 2.40. The number of benzene rings is 1. The summed E-state index contributed by atoms with van der Waals surface area (Å²) < 4.78 is 6.40. The molecule has 0 aliphatic carbocycles. The molecular weight excluding hydrogens is 306 g/mol. The molecule has 0 radical (unpaired) electrons. The van der Waals surface area contributed by atoms with Crippen LogP contribution in [0.1, 0.15) is 35.7 Å². The van der Waals surface area contributed by atoms with E-state index in [2.05, 4.69) is 28.2 Å². The molecule has 4 heteroatoms. The van der Waals surface area contributed by atoms with Gasteiger partial charge in [-0.2, -0.15) is 0 Å². The number of amides is 1. The van der Waals surface area contributed by atoms with Gasteiger partial charge in [-0.3, -0.25) is 4.79 Å². The van der Waals surface area contributed by atoms with Crippen molar-refractivity contribution in [2.75, 3.05) is 19.8 Å². The molecule has 1 fully saturated rings. The zero-order chi connectivity index (χ0) is 13.9. The lowest BCUT2D eigenvalue weighted by Crippen LogP contribution is -2.39. The number of ether oxygens (including phenoxy) is 1. The number of carbonyl (C=O) groups excluding carboxylic acids is 1. The smallest absolute Gasteiger partial charge is 0.251 e. The first kappa shape index (κ1) is 14.5. The maximum absolute atomic E-state index is 12.1. The van der Waals surface area contributed by atoms with Crippen LogP contribution in [0.15, 0.2) is 22.7 Å². The van der Waals surface area contributed by atoms with Gasteiger partial charge in [0.15, 0.2) is 0 Å². The first-order valence-electron chi connectivity index (χ1n) is 6.62. The van der Waals surface area contributed by atoms with Crippen molar-refractivity contribution in [2.45, 2.75) is 26.7 Å². The van der Waals surface area contributed by atoms with E-state index in [-0.39, 0.29) is 11.3 Å². The van der Waals surface area contributed by atoms with Crippen molar-refractivity contribution in [3.05, 3.63) is 33.8 Å². The quantitative estimate of drug-likeness (QED) is 0.925. The second-order valence-electron chi connectivity index (χ2n) is 5.57. The van der Waals surface area contributed by atoms with E-state index in [1.165, 1.54) is 0 Å². The summed E-state index contributed by atoms with van der Waals surface area (Å²) >= 11 is 3.44. The summed E-state index contributed by atoms with van der Waals surface area (Å²) in [6.45, 7) is 6.50. The summed E-state index contributed by atoms with van der Waals surface area (Å²) in [7, 11) is 0. The molecule has 2 rings (SSSR count). The number of hydrogen-bond acceptors (Lipinski definition) is 2. The molecule has 19 heavy (non-hydrogen) atoms. The fourth-order valence-electron chi connectivity index (χ4n) is 2.22. The number of nitrogens with one attached hydrogen (secondary N) is 1. The van der Waals surface area contributed by atoms with Crippen LogP contribution in [-0.4, -0.2) is 25.7 Å². The summed E-state index contributed by atoms with van der Waals surface area (Å²) in [6, 6.07) is 5.67. The predicted octanol–water partition coefficient (Wildman–Crippen LogP) is 3.30. The summed E-state index contributed by atoms with van der Waals surface area (Å²) in [6.07, 6.45) is 2.01. The number of hydrogen-bond donors (Lipinski definition) is 1. The van der Waals surface area contributed by atoms with E-state index in [9.17, 15) is 4.79 Å². The van der Waals surface area contributed by atoms with Crippen molar-refractivity contribution in [1.29, 1.82) is 0 Å². The Labute approximate surface area is 122 Å². The second kappa shape index (κ2) is 6.06. The molecule has 1 aromatic carbocycles. The van der Waals surface area contributed by atoms with Crippen LogP contribution < -0.4 is 5.32 Å². The van der Waals surface area contributed by atoms with Gasteiger partial charge < -0.3 is 10.1 Å². The minimum absolute atomic E-state index is 0.00307. The Balaban J connectivity index is 1.95. The maximum atomic E-state index is 12.1. The molecule has 1 aliphatic rings. The SMILES string of the molecule is Cc1cc(C(=O)NCC2(C)CCOCC2)ccc1Br. The molecule has 3 nitrogen and oxygen atoms in total. The molecule has 1 aromatic rings. The van der Waals surface area contributed by atoms with Gasteiger partial charge >= 0.3 is 0 Å². The highest BCUT2D eigenvalue weighted by molar-refractivity contribution is 9.10. The Morgan fingerprint density at radius 2 is 2.11 bits per heavy atom. The fourth-order valence-corrected chi connectivity index (χ4v) is 2.47. The molecular formula is C15H20BrNO2. The minimum atomic E-state index is 0.00307. The van der Waals surface area contributed by atoms with E-state index in [0.717, 1.165) is 41.7 Å². The summed E-state index contributed by atoms with van der Waals surface area (Å²) in [5.41, 5.74) is 1.96. The van der Waals surface area contributed by atoms with Crippen LogP contribution >= 0.6 is 15.9 Å². The summed E-state index contributed by atoms with van der Waals surface area (Å²) in [5.74, 6) is 0.00307. The lowest BCUT2D eigenvalue weighted by molar-refractivity contribution is 0.0238. The highest BCUT2D eigenvalue weighted by Gasteiger charge is 2.27. The molecule has 1 amide bonds. The third-order valence-corrected chi connectivity index (χ3v) is 4.69. The van der Waals surface area contributed by atoms with Gasteiger partial charge in [0.2, 0.25) is 0 Å². The van der Waals surface area contributed by atoms with Gasteiger partial charge in [-0.05, 0) is 48.9 Å². The molecule has 0 aromatic heterocycles. The predicted molar refractivity (Wildman–Crippen MR) is 79.4 cm³/mol. The topological polar surface area (TPSA) is 38.3 Å². The Kier molecular flexibility index (Phi) is 4.63. The van der Waals surface area contributed by atoms with Crippen LogP contribution in [0.2, 0.25) is 0 Å². The monoisotopic (exact) mass is 325 g/mol. The highest BCUT2D eigenvalue weighted by atomic mass is 79.9. The first-order valence-corrected chi connectivity index (χ1v) is 7.42. The Morgan fingerprint density at radius 3 is 2.74 bits per heavy atom. The van der Waals surface area contributed by atoms with E-state index in [4.69, 9.17) is 4.74 Å². The number of halogens is 1. The number of rotatable bonds is 3. The van der Waals surface area contributed by atoms with Gasteiger partial charge in [-0.25, -0.2) is 0 Å². The van der Waals surface area contributed by atoms with E-state index in [0.29, 0.717) is 6.54 Å². The van der Waals surface area contributed by atoms with Gasteiger partial charge in [-0.1, -0.05) is 22.9 Å². The Hall–Kier alpha value is -0.870. The van der Waals surface area contributed by atoms with Gasteiger partial charge in [0.05, 0.1) is 0 Å². The Morgan fingerprint density at radius 1 is 1.42 bits per heavy atom. The molecule has 0 bridgehead atoms. The van der Waals surface area contributed by atoms with Crippen LogP contribution in [0, 0.1) is 12.3 Å². The molecule has 0 unspecified atom stereocenters. The second-order valence-corrected chi connectivity index (χ2v) is 6.42. The van der Waals surface area contributed by atoms with Crippen molar-refractivity contribution in [2.24, 2.45) is 5.41 Å². The van der Waals surface area contributed by atoms with E-state index >= 15 is 0 Å². The Bertz CT molecular complexity index is 467. The first-order chi connectivity index (χ1) is 9.00. The number of aryl methyl sites for hydroxylation is 1. The van der Waals surface area contributed by atoms with Crippen molar-refractivity contribution < 1.29 is 9.53 Å². The third kappa shape index (κ3) is 3.80. The molecule has 104 valence electrons. The molecule has 0 atom stereocenters. The number of carbonyl (C=O) groups is 1. The normalized spacial score (nSPS) is 18.1. The average molecular weight is 326 g/mol. The van der Waals surface area contributed by atoms with Crippen molar-refractivity contribution >= 4 is 21.8 Å². The molecule has 1 heterocycles. The fraction of sp³-hybridized carbons (Fsp3) is 0.533. The zero-order valence-corrected chi connectivity index (χ0v) is 13.0. The van der Waals surface area contributed by atoms with E-state index in [1.807, 2.05) is 25.1 Å². The largest absolute Gasteiger partial charge is 0.381 e. The van der Waals surface area contributed by atoms with Gasteiger partial charge in [0, 0.05) is 29.8 Å². The van der Waals surface area contributed by atoms with Crippen LogP contribution in [0.25, 0.3) is 0 Å². The van der Waals surface area contributed by atoms with Crippen molar-refractivity contribution in [1.82, 2.24) is 5.32 Å². The van der Waals surface area contributed by atoms with Crippen LogP contribution in [0.5, 0.6) is 0 Å². The third-order valence-electron chi connectivity index (χ3n) is 3.80. The molecule has 0 spiro atoms. The molecule has 1 N–H and O–H groups in total. The maximum Gasteiger partial charge on any atom is 0.251 e. The van der Waals surface area contributed by atoms with Gasteiger partial charge in [0.1, 0.15) is 0 Å². The lowest BCUT2D eigenvalue weighted by Gasteiger charge is -2.33. The van der Waals surface area contributed by atoms with Gasteiger partial charge in [-0.15, -0.1) is 0 Å². The van der Waals surface area contributed by atoms with Crippen LogP contribution in [-0.2, 0) is 4.74 Å². The zero-order valence-electron chi connectivity index (χ0n) is 11.5. The molecule has 0 saturated carbocycles. The highest BCUT2D eigenvalue weighted by Crippen LogP contribution is 2.28. The van der Waals surface area contributed by atoms with Crippen molar-refractivity contribution in [3.63, 3.8) is 0 Å². The minimum Gasteiger partial charge on any atom is -0.381 e. The standard InChI is InChI=1S/C15H20BrNO2/c1-11-9-12(3-4-13(11)16)14(18)17-10-15(2)5-7-19-8-6-15/h3-4,9H,5-8,10H2,1-2H3,(H,17,18). The van der Waals surface area contributed by atoms with E-state index in [1.54, 1.807) is 0 Å². The molecule has 1 aliphatic heterocycles. The lowest BCUT2D eigenvalue weighted by atomic mass is 9.82. The van der Waals surface area contributed by atoms with Crippen LogP contribution in [0.4, 0.5) is 0 Å². The summed E-state index contributed by atoms with van der Waals surface area (Å²) in [4.78, 5) is 12.1.